The van der Waals surface area contributed by atoms with Gasteiger partial charge in [-0.05, 0) is 36.2 Å². The highest BCUT2D eigenvalue weighted by molar-refractivity contribution is 5.73. The fraction of sp³-hybridized carbons (Fsp3) is 0.125. The number of hydrogen-bond donors (Lipinski definition) is 1. The molecular weight excluding hydrogens is 268 g/mol. The second-order valence-electron chi connectivity index (χ2n) is 4.53. The van der Waals surface area contributed by atoms with Gasteiger partial charge in [-0.15, -0.1) is 0 Å². The Balaban J connectivity index is 1.50. The van der Waals surface area contributed by atoms with E-state index in [1.165, 1.54) is 6.39 Å². The summed E-state index contributed by atoms with van der Waals surface area (Å²) in [5.41, 5.74) is 2.66. The van der Waals surface area contributed by atoms with Gasteiger partial charge in [0, 0.05) is 6.54 Å². The molecule has 2 aromatic carbocycles. The molecular formula is C16H14N2O3. The maximum absolute atomic E-state index is 11.6. The van der Waals surface area contributed by atoms with E-state index < -0.39 is 6.09 Å². The number of hydrogen-bond acceptors (Lipinski definition) is 4. The molecule has 3 rings (SSSR count). The zero-order valence-electron chi connectivity index (χ0n) is 11.3. The molecule has 1 aromatic heterocycles. The van der Waals surface area contributed by atoms with Crippen LogP contribution in [0.1, 0.15) is 5.56 Å². The lowest BCUT2D eigenvalue weighted by Crippen LogP contribution is -2.28. The van der Waals surface area contributed by atoms with Crippen LogP contribution >= 0.6 is 0 Å². The van der Waals surface area contributed by atoms with Crippen molar-refractivity contribution in [2.45, 2.75) is 6.42 Å². The van der Waals surface area contributed by atoms with Crippen LogP contribution in [0.3, 0.4) is 0 Å². The van der Waals surface area contributed by atoms with Crippen molar-refractivity contribution >= 4 is 17.2 Å². The second kappa shape index (κ2) is 6.09. The minimum absolute atomic E-state index is 0.455. The van der Waals surface area contributed by atoms with Crippen LogP contribution < -0.4 is 10.1 Å². The Bertz CT molecular complexity index is 737. The zero-order chi connectivity index (χ0) is 14.5. The van der Waals surface area contributed by atoms with Gasteiger partial charge in [-0.2, -0.15) is 0 Å². The van der Waals surface area contributed by atoms with Crippen LogP contribution in [0.4, 0.5) is 4.79 Å². The number of aromatic nitrogens is 1. The van der Waals surface area contributed by atoms with Crippen molar-refractivity contribution in [2.75, 3.05) is 6.54 Å². The highest BCUT2D eigenvalue weighted by Crippen LogP contribution is 2.14. The van der Waals surface area contributed by atoms with E-state index in [1.54, 1.807) is 12.1 Å². The summed E-state index contributed by atoms with van der Waals surface area (Å²) in [6.07, 6.45) is 1.67. The number of fused-ring (bicyclic) bond motifs is 1. The van der Waals surface area contributed by atoms with Crippen LogP contribution in [0, 0.1) is 0 Å². The van der Waals surface area contributed by atoms with Crippen molar-refractivity contribution in [2.24, 2.45) is 0 Å². The number of rotatable bonds is 4. The molecule has 3 aromatic rings. The molecule has 0 saturated heterocycles. The molecule has 0 atom stereocenters. The van der Waals surface area contributed by atoms with Crippen molar-refractivity contribution < 1.29 is 13.9 Å². The number of nitrogens with one attached hydrogen (secondary N) is 1. The summed E-state index contributed by atoms with van der Waals surface area (Å²) in [4.78, 5) is 15.7. The van der Waals surface area contributed by atoms with Crippen molar-refractivity contribution in [3.8, 4) is 5.75 Å². The maximum Gasteiger partial charge on any atom is 0.412 e. The van der Waals surface area contributed by atoms with Crippen molar-refractivity contribution in [3.05, 3.63) is 60.5 Å². The summed E-state index contributed by atoms with van der Waals surface area (Å²) in [5, 5.41) is 2.72. The van der Waals surface area contributed by atoms with Gasteiger partial charge >= 0.3 is 6.09 Å². The Kier molecular flexibility index (Phi) is 3.82. The first kappa shape index (κ1) is 13.2. The Labute approximate surface area is 121 Å². The summed E-state index contributed by atoms with van der Waals surface area (Å²) in [6.45, 7) is 0.495. The highest BCUT2D eigenvalue weighted by Gasteiger charge is 2.04. The van der Waals surface area contributed by atoms with Crippen molar-refractivity contribution in [3.63, 3.8) is 0 Å². The van der Waals surface area contributed by atoms with Crippen LogP contribution in [0.25, 0.3) is 11.1 Å². The number of oxazole rings is 1. The number of benzene rings is 2. The molecule has 0 spiro atoms. The lowest BCUT2D eigenvalue weighted by molar-refractivity contribution is 0.200. The van der Waals surface area contributed by atoms with Gasteiger partial charge in [-0.1, -0.05) is 24.3 Å². The van der Waals surface area contributed by atoms with Crippen LogP contribution in [-0.4, -0.2) is 17.6 Å². The van der Waals surface area contributed by atoms with Gasteiger partial charge in [0.05, 0.1) is 0 Å². The van der Waals surface area contributed by atoms with Gasteiger partial charge in [0.25, 0.3) is 0 Å². The molecule has 106 valence electrons. The third-order valence-electron chi connectivity index (χ3n) is 3.03. The largest absolute Gasteiger partial charge is 0.443 e. The SMILES string of the molecule is O=C(NCCc1ccc2ocnc2c1)Oc1ccccc1. The highest BCUT2D eigenvalue weighted by atomic mass is 16.6. The average Bonchev–Trinajstić information content (AvgIpc) is 2.96. The van der Waals surface area contributed by atoms with E-state index in [4.69, 9.17) is 9.15 Å². The summed E-state index contributed by atoms with van der Waals surface area (Å²) in [6, 6.07) is 14.7. The summed E-state index contributed by atoms with van der Waals surface area (Å²) in [5.74, 6) is 0.527. The van der Waals surface area contributed by atoms with Gasteiger partial charge in [-0.3, -0.25) is 0 Å². The lowest BCUT2D eigenvalue weighted by atomic mass is 10.1. The molecule has 0 saturated carbocycles. The molecule has 1 N–H and O–H groups in total. The molecule has 0 aliphatic carbocycles. The molecule has 1 amide bonds. The molecule has 0 aliphatic rings. The van der Waals surface area contributed by atoms with Gasteiger partial charge in [-0.25, -0.2) is 9.78 Å². The predicted octanol–water partition coefficient (Wildman–Crippen LogP) is 3.16. The number of ether oxygens (including phenoxy) is 1. The van der Waals surface area contributed by atoms with E-state index in [1.807, 2.05) is 36.4 Å². The molecule has 0 bridgehead atoms. The summed E-state index contributed by atoms with van der Waals surface area (Å²) >= 11 is 0. The quantitative estimate of drug-likeness (QED) is 0.798. The summed E-state index contributed by atoms with van der Waals surface area (Å²) < 4.78 is 10.3. The third-order valence-corrected chi connectivity index (χ3v) is 3.03. The van der Waals surface area contributed by atoms with E-state index in [9.17, 15) is 4.79 Å². The third kappa shape index (κ3) is 3.39. The molecule has 21 heavy (non-hydrogen) atoms. The predicted molar refractivity (Wildman–Crippen MR) is 78.2 cm³/mol. The van der Waals surface area contributed by atoms with E-state index >= 15 is 0 Å². The van der Waals surface area contributed by atoms with Crippen LogP contribution in [-0.2, 0) is 6.42 Å². The number of nitrogens with zero attached hydrogens (tertiary/aromatic N) is 1. The summed E-state index contributed by atoms with van der Waals surface area (Å²) in [7, 11) is 0. The minimum atomic E-state index is -0.455. The van der Waals surface area contributed by atoms with Crippen molar-refractivity contribution in [1.82, 2.24) is 10.3 Å². The van der Waals surface area contributed by atoms with E-state index in [-0.39, 0.29) is 0 Å². The van der Waals surface area contributed by atoms with Crippen LogP contribution in [0.15, 0.2) is 59.3 Å². The fourth-order valence-corrected chi connectivity index (χ4v) is 2.00. The zero-order valence-corrected chi connectivity index (χ0v) is 11.3. The number of carbonyl (C=O) groups excluding carboxylic acids is 1. The fourth-order valence-electron chi connectivity index (χ4n) is 2.00. The minimum Gasteiger partial charge on any atom is -0.443 e. The van der Waals surface area contributed by atoms with Gasteiger partial charge in [0.2, 0.25) is 0 Å². The van der Waals surface area contributed by atoms with E-state index in [0.29, 0.717) is 18.7 Å². The Morgan fingerprint density at radius 3 is 2.90 bits per heavy atom. The van der Waals surface area contributed by atoms with Gasteiger partial charge in [0.15, 0.2) is 12.0 Å². The first-order valence-electron chi connectivity index (χ1n) is 6.64. The number of amides is 1. The Morgan fingerprint density at radius 2 is 2.05 bits per heavy atom. The van der Waals surface area contributed by atoms with Crippen LogP contribution in [0.5, 0.6) is 5.75 Å². The number of para-hydroxylation sites is 1. The van der Waals surface area contributed by atoms with Gasteiger partial charge in [0.1, 0.15) is 11.3 Å². The molecule has 0 radical (unpaired) electrons. The maximum atomic E-state index is 11.6. The topological polar surface area (TPSA) is 64.4 Å². The van der Waals surface area contributed by atoms with Gasteiger partial charge < -0.3 is 14.5 Å². The first-order chi connectivity index (χ1) is 10.3. The van der Waals surface area contributed by atoms with E-state index in [2.05, 4.69) is 10.3 Å². The monoisotopic (exact) mass is 282 g/mol. The molecule has 5 nitrogen and oxygen atoms in total. The normalized spacial score (nSPS) is 10.5. The second-order valence-corrected chi connectivity index (χ2v) is 4.53. The molecule has 0 fully saturated rings. The number of carbonyl (C=O) groups is 1. The molecule has 5 heteroatoms. The molecule has 0 unspecified atom stereocenters. The average molecular weight is 282 g/mol. The standard InChI is InChI=1S/C16H14N2O3/c19-16(21-13-4-2-1-3-5-13)17-9-8-12-6-7-15-14(10-12)18-11-20-15/h1-7,10-11H,8-9H2,(H,17,19). The van der Waals surface area contributed by atoms with Crippen molar-refractivity contribution in [1.29, 1.82) is 0 Å². The smallest absolute Gasteiger partial charge is 0.412 e. The molecule has 0 aliphatic heterocycles. The Morgan fingerprint density at radius 1 is 1.19 bits per heavy atom. The Hall–Kier alpha value is -2.82. The first-order valence-corrected chi connectivity index (χ1v) is 6.64. The lowest BCUT2D eigenvalue weighted by Gasteiger charge is -2.06. The molecule has 1 heterocycles. The van der Waals surface area contributed by atoms with Crippen LogP contribution in [0.2, 0.25) is 0 Å². The van der Waals surface area contributed by atoms with E-state index in [0.717, 1.165) is 16.7 Å².